The van der Waals surface area contributed by atoms with Crippen molar-refractivity contribution in [3.05, 3.63) is 35.9 Å². The van der Waals surface area contributed by atoms with Crippen LogP contribution < -0.4 is 5.73 Å². The summed E-state index contributed by atoms with van der Waals surface area (Å²) in [6.45, 7) is 2.62. The van der Waals surface area contributed by atoms with Gasteiger partial charge in [-0.05, 0) is 5.56 Å². The van der Waals surface area contributed by atoms with Gasteiger partial charge in [0.15, 0.2) is 6.10 Å². The summed E-state index contributed by atoms with van der Waals surface area (Å²) in [6, 6.07) is 12.5. The highest BCUT2D eigenvalue weighted by Gasteiger charge is 2.26. The van der Waals surface area contributed by atoms with Crippen LogP contribution in [0.3, 0.4) is 0 Å². The monoisotopic (exact) mass is 231 g/mol. The molecule has 1 heterocycles. The van der Waals surface area contributed by atoms with E-state index in [0.29, 0.717) is 19.7 Å². The summed E-state index contributed by atoms with van der Waals surface area (Å²) in [6.07, 6.45) is -0.332. The number of ether oxygens (including phenoxy) is 1. The molecule has 4 nitrogen and oxygen atoms in total. The summed E-state index contributed by atoms with van der Waals surface area (Å²) >= 11 is 0. The zero-order chi connectivity index (χ0) is 12.1. The van der Waals surface area contributed by atoms with Crippen LogP contribution in [0.15, 0.2) is 30.3 Å². The molecule has 2 N–H and O–H groups in total. The average molecular weight is 231 g/mol. The number of morpholine rings is 1. The lowest BCUT2D eigenvalue weighted by atomic mass is 10.0. The number of nitrogens with zero attached hydrogens (tertiary/aromatic N) is 2. The lowest BCUT2D eigenvalue weighted by molar-refractivity contribution is -0.0161. The number of hydrogen-bond acceptors (Lipinski definition) is 4. The molecule has 0 saturated carbocycles. The fraction of sp³-hybridized carbons (Fsp3) is 0.462. The van der Waals surface area contributed by atoms with Crippen LogP contribution in [0.4, 0.5) is 0 Å². The Balaban J connectivity index is 2.11. The van der Waals surface area contributed by atoms with Gasteiger partial charge in [-0.15, -0.1) is 0 Å². The van der Waals surface area contributed by atoms with Gasteiger partial charge in [-0.2, -0.15) is 5.26 Å². The maximum Gasteiger partial charge on any atom is 0.156 e. The van der Waals surface area contributed by atoms with E-state index in [-0.39, 0.29) is 12.1 Å². The van der Waals surface area contributed by atoms with Gasteiger partial charge in [0.1, 0.15) is 0 Å². The summed E-state index contributed by atoms with van der Waals surface area (Å²) in [5.41, 5.74) is 7.06. The number of nitriles is 1. The van der Waals surface area contributed by atoms with Gasteiger partial charge in [-0.25, -0.2) is 0 Å². The first-order valence-electron chi connectivity index (χ1n) is 5.85. The van der Waals surface area contributed by atoms with Crippen molar-refractivity contribution in [3.63, 3.8) is 0 Å². The molecule has 2 atom stereocenters. The molecule has 1 fully saturated rings. The maximum atomic E-state index is 8.90. The lowest BCUT2D eigenvalue weighted by Gasteiger charge is -2.35. The third kappa shape index (κ3) is 2.83. The third-order valence-electron chi connectivity index (χ3n) is 3.09. The summed E-state index contributed by atoms with van der Waals surface area (Å²) in [5.74, 6) is 0. The maximum absolute atomic E-state index is 8.90. The Kier molecular flexibility index (Phi) is 4.10. The Labute approximate surface area is 102 Å². The molecule has 0 amide bonds. The second-order valence-electron chi connectivity index (χ2n) is 4.15. The molecule has 90 valence electrons. The van der Waals surface area contributed by atoms with Gasteiger partial charge in [0.05, 0.1) is 12.7 Å². The van der Waals surface area contributed by atoms with Crippen molar-refractivity contribution in [3.8, 4) is 6.07 Å². The van der Waals surface area contributed by atoms with E-state index in [1.807, 2.05) is 18.2 Å². The van der Waals surface area contributed by atoms with Crippen LogP contribution in [-0.2, 0) is 4.74 Å². The second-order valence-corrected chi connectivity index (χ2v) is 4.15. The minimum absolute atomic E-state index is 0.177. The normalized spacial score (nSPS) is 22.9. The smallest absolute Gasteiger partial charge is 0.156 e. The predicted octanol–water partition coefficient (Wildman–Crippen LogP) is 0.911. The number of hydrogen-bond donors (Lipinski definition) is 1. The molecule has 0 aromatic heterocycles. The highest BCUT2D eigenvalue weighted by molar-refractivity contribution is 5.19. The van der Waals surface area contributed by atoms with Crippen LogP contribution in [0.2, 0.25) is 0 Å². The van der Waals surface area contributed by atoms with Gasteiger partial charge in [-0.3, -0.25) is 4.90 Å². The van der Waals surface area contributed by atoms with E-state index in [4.69, 9.17) is 15.7 Å². The second kappa shape index (κ2) is 5.78. The molecule has 17 heavy (non-hydrogen) atoms. The van der Waals surface area contributed by atoms with Crippen LogP contribution in [0.5, 0.6) is 0 Å². The van der Waals surface area contributed by atoms with E-state index in [2.05, 4.69) is 23.1 Å². The molecule has 1 saturated heterocycles. The molecule has 1 aromatic rings. The van der Waals surface area contributed by atoms with Crippen molar-refractivity contribution < 1.29 is 4.74 Å². The van der Waals surface area contributed by atoms with Gasteiger partial charge in [-0.1, -0.05) is 30.3 Å². The minimum atomic E-state index is -0.332. The molecule has 1 aliphatic rings. The molecule has 0 bridgehead atoms. The summed E-state index contributed by atoms with van der Waals surface area (Å²) in [5, 5.41) is 8.90. The first kappa shape index (κ1) is 12.1. The first-order chi connectivity index (χ1) is 8.35. The Morgan fingerprint density at radius 1 is 1.47 bits per heavy atom. The molecule has 1 aliphatic heterocycles. The SMILES string of the molecule is N#CC1CN(C(CN)c2ccccc2)CCO1. The van der Waals surface area contributed by atoms with Crippen molar-refractivity contribution in [2.75, 3.05) is 26.2 Å². The van der Waals surface area contributed by atoms with E-state index >= 15 is 0 Å². The van der Waals surface area contributed by atoms with Crippen LogP contribution in [0, 0.1) is 11.3 Å². The minimum Gasteiger partial charge on any atom is -0.361 e. The lowest BCUT2D eigenvalue weighted by Crippen LogP contribution is -2.45. The molecule has 0 aliphatic carbocycles. The van der Waals surface area contributed by atoms with E-state index in [0.717, 1.165) is 6.54 Å². The van der Waals surface area contributed by atoms with E-state index in [9.17, 15) is 0 Å². The fourth-order valence-corrected chi connectivity index (χ4v) is 2.20. The predicted molar refractivity (Wildman–Crippen MR) is 65.2 cm³/mol. The van der Waals surface area contributed by atoms with Gasteiger partial charge < -0.3 is 10.5 Å². The van der Waals surface area contributed by atoms with Gasteiger partial charge >= 0.3 is 0 Å². The van der Waals surface area contributed by atoms with Crippen molar-refractivity contribution in [1.29, 1.82) is 5.26 Å². The van der Waals surface area contributed by atoms with E-state index in [1.54, 1.807) is 0 Å². The molecule has 2 rings (SSSR count). The molecule has 4 heteroatoms. The standard InChI is InChI=1S/C13H17N3O/c14-8-12-10-16(6-7-17-12)13(9-15)11-4-2-1-3-5-11/h1-5,12-13H,6-7,9-10,15H2. The van der Waals surface area contributed by atoms with Crippen molar-refractivity contribution in [2.45, 2.75) is 12.1 Å². The van der Waals surface area contributed by atoms with Gasteiger partial charge in [0.25, 0.3) is 0 Å². The van der Waals surface area contributed by atoms with Gasteiger partial charge in [0, 0.05) is 25.7 Å². The highest BCUT2D eigenvalue weighted by Crippen LogP contribution is 2.21. The van der Waals surface area contributed by atoms with Crippen LogP contribution in [0.1, 0.15) is 11.6 Å². The highest BCUT2D eigenvalue weighted by atomic mass is 16.5. The fourth-order valence-electron chi connectivity index (χ4n) is 2.20. The quantitative estimate of drug-likeness (QED) is 0.840. The third-order valence-corrected chi connectivity index (χ3v) is 3.09. The number of rotatable bonds is 3. The van der Waals surface area contributed by atoms with Crippen molar-refractivity contribution in [2.24, 2.45) is 5.73 Å². The van der Waals surface area contributed by atoms with E-state index < -0.39 is 0 Å². The zero-order valence-electron chi connectivity index (χ0n) is 9.75. The first-order valence-corrected chi connectivity index (χ1v) is 5.85. The van der Waals surface area contributed by atoms with Crippen LogP contribution in [0.25, 0.3) is 0 Å². The van der Waals surface area contributed by atoms with Crippen LogP contribution in [-0.4, -0.2) is 37.2 Å². The summed E-state index contributed by atoms with van der Waals surface area (Å²) < 4.78 is 5.34. The Morgan fingerprint density at radius 3 is 2.88 bits per heavy atom. The molecule has 0 spiro atoms. The molecular formula is C13H17N3O. The van der Waals surface area contributed by atoms with Crippen molar-refractivity contribution in [1.82, 2.24) is 4.90 Å². The summed E-state index contributed by atoms with van der Waals surface area (Å²) in [4.78, 5) is 2.23. The topological polar surface area (TPSA) is 62.3 Å². The average Bonchev–Trinajstić information content (AvgIpc) is 2.41. The Morgan fingerprint density at radius 2 is 2.24 bits per heavy atom. The number of benzene rings is 1. The molecule has 0 radical (unpaired) electrons. The Hall–Kier alpha value is -1.41. The molecular weight excluding hydrogens is 214 g/mol. The van der Waals surface area contributed by atoms with E-state index in [1.165, 1.54) is 5.56 Å². The van der Waals surface area contributed by atoms with Gasteiger partial charge in [0.2, 0.25) is 0 Å². The zero-order valence-corrected chi connectivity index (χ0v) is 9.75. The molecule has 2 unspecified atom stereocenters. The van der Waals surface area contributed by atoms with Crippen LogP contribution >= 0.6 is 0 Å². The Bertz CT molecular complexity index is 387. The summed E-state index contributed by atoms with van der Waals surface area (Å²) in [7, 11) is 0. The largest absolute Gasteiger partial charge is 0.361 e. The molecule has 1 aromatic carbocycles. The van der Waals surface area contributed by atoms with Crippen molar-refractivity contribution >= 4 is 0 Å². The number of nitrogens with two attached hydrogens (primary N) is 1.